The van der Waals surface area contributed by atoms with E-state index in [1.165, 1.54) is 13.2 Å². The summed E-state index contributed by atoms with van der Waals surface area (Å²) in [5.41, 5.74) is 1.03. The van der Waals surface area contributed by atoms with E-state index in [1.807, 2.05) is 39.8 Å². The van der Waals surface area contributed by atoms with Gasteiger partial charge in [0.2, 0.25) is 0 Å². The fourth-order valence-corrected chi connectivity index (χ4v) is 4.11. The molecule has 2 heterocycles. The highest BCUT2D eigenvalue weighted by Crippen LogP contribution is 2.38. The summed E-state index contributed by atoms with van der Waals surface area (Å²) < 4.78 is 29.0. The van der Waals surface area contributed by atoms with Crippen molar-refractivity contribution in [3.05, 3.63) is 41.5 Å². The van der Waals surface area contributed by atoms with Crippen molar-refractivity contribution in [2.45, 2.75) is 71.4 Å². The van der Waals surface area contributed by atoms with Crippen LogP contribution in [0.5, 0.6) is 11.5 Å². The molecule has 0 saturated carbocycles. The lowest BCUT2D eigenvalue weighted by Crippen LogP contribution is -2.28. The Morgan fingerprint density at radius 2 is 1.81 bits per heavy atom. The lowest BCUT2D eigenvalue weighted by molar-refractivity contribution is -0.148. The van der Waals surface area contributed by atoms with E-state index < -0.39 is 12.1 Å². The average molecular weight is 449 g/mol. The third kappa shape index (κ3) is 5.91. The van der Waals surface area contributed by atoms with Crippen molar-refractivity contribution in [3.63, 3.8) is 0 Å². The van der Waals surface area contributed by atoms with Gasteiger partial charge in [0.15, 0.2) is 18.9 Å². The molecule has 178 valence electrons. The predicted molar refractivity (Wildman–Crippen MR) is 121 cm³/mol. The van der Waals surface area contributed by atoms with Crippen LogP contribution in [-0.2, 0) is 18.9 Å². The molecule has 3 rings (SSSR count). The molecule has 0 amide bonds. The SMILES string of the molecule is COCOc1cc(O)cc2c1C(O)OC(C)C(C)/C=C\C(C)[C@H]1OC(C)(C)O[C@H]1C/C=C/2. The summed E-state index contributed by atoms with van der Waals surface area (Å²) >= 11 is 0. The number of benzene rings is 1. The van der Waals surface area contributed by atoms with Crippen LogP contribution in [0.15, 0.2) is 30.4 Å². The molecule has 7 nitrogen and oxygen atoms in total. The second-order valence-electron chi connectivity index (χ2n) is 9.07. The van der Waals surface area contributed by atoms with Gasteiger partial charge in [0.05, 0.1) is 23.9 Å². The molecule has 7 heteroatoms. The minimum Gasteiger partial charge on any atom is -0.508 e. The highest BCUT2D eigenvalue weighted by atomic mass is 16.8. The summed E-state index contributed by atoms with van der Waals surface area (Å²) in [6, 6.07) is 3.03. The zero-order valence-corrected chi connectivity index (χ0v) is 19.8. The van der Waals surface area contributed by atoms with E-state index in [1.54, 1.807) is 6.07 Å². The van der Waals surface area contributed by atoms with Crippen molar-refractivity contribution in [2.24, 2.45) is 11.8 Å². The molecule has 4 unspecified atom stereocenters. The zero-order chi connectivity index (χ0) is 23.5. The van der Waals surface area contributed by atoms with Crippen molar-refractivity contribution in [1.82, 2.24) is 0 Å². The Morgan fingerprint density at radius 3 is 2.53 bits per heavy atom. The summed E-state index contributed by atoms with van der Waals surface area (Å²) in [5.74, 6) is -0.152. The van der Waals surface area contributed by atoms with Gasteiger partial charge < -0.3 is 33.9 Å². The van der Waals surface area contributed by atoms with Gasteiger partial charge in [-0.3, -0.25) is 0 Å². The molecule has 1 aromatic carbocycles. The van der Waals surface area contributed by atoms with Gasteiger partial charge in [-0.1, -0.05) is 38.2 Å². The van der Waals surface area contributed by atoms with Gasteiger partial charge in [0, 0.05) is 25.0 Å². The standard InChI is InChI=1S/C25H36O7/c1-15-10-11-16(2)23-20(31-25(4,5)32-23)9-7-8-18-12-19(26)13-21(29-14-28-6)22(18)24(27)30-17(15)3/h7-8,10-13,15-17,20,23-24,26-27H,9,14H2,1-6H3/b8-7+,11-10-/t15?,16?,17?,20-,23+,24?/m0/s1. The van der Waals surface area contributed by atoms with E-state index in [0.717, 1.165) is 0 Å². The average Bonchev–Trinajstić information content (AvgIpc) is 3.03. The molecule has 32 heavy (non-hydrogen) atoms. The first kappa shape index (κ1) is 24.7. The van der Waals surface area contributed by atoms with Crippen molar-refractivity contribution in [1.29, 1.82) is 0 Å². The Bertz CT molecular complexity index is 832. The summed E-state index contributed by atoms with van der Waals surface area (Å²) in [5, 5.41) is 21.2. The lowest BCUT2D eigenvalue weighted by Gasteiger charge is -2.26. The number of rotatable bonds is 3. The van der Waals surface area contributed by atoms with Crippen molar-refractivity contribution in [3.8, 4) is 11.5 Å². The molecule has 0 bridgehead atoms. The number of aliphatic hydroxyl groups excluding tert-OH is 1. The molecule has 0 spiro atoms. The second kappa shape index (κ2) is 10.4. The minimum absolute atomic E-state index is 0.0188. The van der Waals surface area contributed by atoms with E-state index in [9.17, 15) is 10.2 Å². The number of methoxy groups -OCH3 is 1. The van der Waals surface area contributed by atoms with Crippen LogP contribution in [0.3, 0.4) is 0 Å². The molecule has 6 atom stereocenters. The smallest absolute Gasteiger partial charge is 0.188 e. The van der Waals surface area contributed by atoms with Crippen LogP contribution in [0.4, 0.5) is 0 Å². The van der Waals surface area contributed by atoms with Gasteiger partial charge in [0.1, 0.15) is 11.5 Å². The van der Waals surface area contributed by atoms with Gasteiger partial charge in [0.25, 0.3) is 0 Å². The first-order valence-corrected chi connectivity index (χ1v) is 11.1. The Labute approximate surface area is 190 Å². The largest absolute Gasteiger partial charge is 0.508 e. The lowest BCUT2D eigenvalue weighted by atomic mass is 9.94. The minimum atomic E-state index is -1.24. The van der Waals surface area contributed by atoms with Crippen LogP contribution in [0.1, 0.15) is 58.5 Å². The highest BCUT2D eigenvalue weighted by molar-refractivity contribution is 5.61. The van der Waals surface area contributed by atoms with Crippen molar-refractivity contribution >= 4 is 6.08 Å². The van der Waals surface area contributed by atoms with Gasteiger partial charge in [-0.2, -0.15) is 0 Å². The van der Waals surface area contributed by atoms with E-state index in [0.29, 0.717) is 23.3 Å². The van der Waals surface area contributed by atoms with Gasteiger partial charge in [-0.25, -0.2) is 0 Å². The molecule has 2 aliphatic rings. The first-order chi connectivity index (χ1) is 15.1. The van der Waals surface area contributed by atoms with E-state index >= 15 is 0 Å². The number of fused-ring (bicyclic) bond motifs is 2. The molecule has 1 aromatic rings. The zero-order valence-electron chi connectivity index (χ0n) is 19.8. The van der Waals surface area contributed by atoms with Crippen molar-refractivity contribution in [2.75, 3.05) is 13.9 Å². The molecule has 1 fully saturated rings. The summed E-state index contributed by atoms with van der Waals surface area (Å²) in [4.78, 5) is 0. The van der Waals surface area contributed by atoms with Crippen LogP contribution >= 0.6 is 0 Å². The normalized spacial score (nSPS) is 34.7. The van der Waals surface area contributed by atoms with Crippen LogP contribution in [0.25, 0.3) is 6.08 Å². The number of aromatic hydroxyl groups is 1. The van der Waals surface area contributed by atoms with Crippen LogP contribution < -0.4 is 4.74 Å². The first-order valence-electron chi connectivity index (χ1n) is 11.1. The Hall–Kier alpha value is -1.90. The maximum absolute atomic E-state index is 11.0. The number of phenols is 1. The van der Waals surface area contributed by atoms with Gasteiger partial charge in [-0.15, -0.1) is 0 Å². The summed E-state index contributed by atoms with van der Waals surface area (Å²) in [7, 11) is 1.51. The molecule has 0 aromatic heterocycles. The third-order valence-corrected chi connectivity index (χ3v) is 5.95. The van der Waals surface area contributed by atoms with Crippen LogP contribution in [-0.4, -0.2) is 48.2 Å². The number of hydrogen-bond donors (Lipinski definition) is 2. The summed E-state index contributed by atoms with van der Waals surface area (Å²) in [6.07, 6.45) is 6.91. The quantitative estimate of drug-likeness (QED) is 0.519. The Balaban J connectivity index is 2.03. The van der Waals surface area contributed by atoms with E-state index in [4.69, 9.17) is 23.7 Å². The van der Waals surface area contributed by atoms with E-state index in [2.05, 4.69) is 19.1 Å². The molecular formula is C25H36O7. The molecule has 0 radical (unpaired) electrons. The molecule has 2 aliphatic heterocycles. The van der Waals surface area contributed by atoms with Crippen LogP contribution in [0, 0.1) is 11.8 Å². The Kier molecular flexibility index (Phi) is 8.01. The number of aliphatic hydroxyl groups is 1. The molecule has 0 aliphatic carbocycles. The summed E-state index contributed by atoms with van der Waals surface area (Å²) in [6.45, 7) is 9.91. The van der Waals surface area contributed by atoms with Gasteiger partial charge >= 0.3 is 0 Å². The topological polar surface area (TPSA) is 86.6 Å². The van der Waals surface area contributed by atoms with Crippen LogP contribution in [0.2, 0.25) is 0 Å². The molecule has 1 saturated heterocycles. The fourth-order valence-electron chi connectivity index (χ4n) is 4.11. The van der Waals surface area contributed by atoms with E-state index in [-0.39, 0.29) is 42.7 Å². The monoisotopic (exact) mass is 448 g/mol. The number of ether oxygens (including phenoxy) is 5. The number of hydrogen-bond acceptors (Lipinski definition) is 7. The predicted octanol–water partition coefficient (Wildman–Crippen LogP) is 4.54. The molecule has 2 N–H and O–H groups in total. The maximum Gasteiger partial charge on any atom is 0.188 e. The van der Waals surface area contributed by atoms with Crippen molar-refractivity contribution < 1.29 is 33.9 Å². The fraction of sp³-hybridized carbons (Fsp3) is 0.600. The number of phenolic OH excluding ortho intramolecular Hbond substituents is 1. The highest BCUT2D eigenvalue weighted by Gasteiger charge is 2.42. The third-order valence-electron chi connectivity index (χ3n) is 5.95. The second-order valence-corrected chi connectivity index (χ2v) is 9.07. The maximum atomic E-state index is 11.0. The Morgan fingerprint density at radius 1 is 1.09 bits per heavy atom. The van der Waals surface area contributed by atoms with Gasteiger partial charge in [-0.05, 0) is 38.8 Å². The molecular weight excluding hydrogens is 412 g/mol.